The summed E-state index contributed by atoms with van der Waals surface area (Å²) in [5, 5.41) is 0. The Hall–Kier alpha value is -0.280. The Morgan fingerprint density at radius 2 is 1.04 bits per heavy atom. The minimum absolute atomic E-state index is 0.165. The summed E-state index contributed by atoms with van der Waals surface area (Å²) >= 11 is 5.60. The molecule has 0 aromatic rings. The van der Waals surface area contributed by atoms with Gasteiger partial charge in [-0.3, -0.25) is 4.79 Å². The van der Waals surface area contributed by atoms with Crippen molar-refractivity contribution in [2.24, 2.45) is 0 Å². The molecule has 27 heavy (non-hydrogen) atoms. The zero-order chi connectivity index (χ0) is 20.8. The molecule has 0 aromatic carbocycles. The molecule has 164 valence electrons. The Kier molecular flexibility index (Phi) is 25.5. The maximum atomic E-state index is 11.3. The molecule has 1 unspecified atom stereocenters. The number of esters is 1. The van der Waals surface area contributed by atoms with E-state index in [-0.39, 0.29) is 5.97 Å². The molecule has 1 atom stereocenters. The van der Waals surface area contributed by atoms with Crippen LogP contribution in [0.2, 0.25) is 0 Å². The molecule has 0 aromatic heterocycles. The molecule has 0 heterocycles. The Morgan fingerprint density at radius 1 is 0.741 bits per heavy atom. The molecule has 0 fully saturated rings. The fourth-order valence-electron chi connectivity index (χ4n) is 2.88. The molecular formula is C23H48ClNO2. The lowest BCUT2D eigenvalue weighted by Crippen LogP contribution is -2.08. The molecule has 0 rings (SSSR count). The lowest BCUT2D eigenvalue weighted by Gasteiger charge is -2.06. The highest BCUT2D eigenvalue weighted by molar-refractivity contribution is 6.19. The third-order valence-corrected chi connectivity index (χ3v) is 4.37. The number of hydrogen-bond acceptors (Lipinski definition) is 3. The fourth-order valence-corrected chi connectivity index (χ4v) is 2.98. The second-order valence-electron chi connectivity index (χ2n) is 8.07. The van der Waals surface area contributed by atoms with Crippen molar-refractivity contribution in [3.05, 3.63) is 0 Å². The third kappa shape index (κ3) is 33.7. The highest BCUT2D eigenvalue weighted by atomic mass is 35.5. The van der Waals surface area contributed by atoms with Crippen molar-refractivity contribution in [1.29, 1.82) is 0 Å². The van der Waals surface area contributed by atoms with E-state index in [1.54, 1.807) is 6.92 Å². The number of alkyl halides is 1. The average molecular weight is 406 g/mol. The number of halogens is 1. The minimum Gasteiger partial charge on any atom is -0.446 e. The predicted molar refractivity (Wildman–Crippen MR) is 121 cm³/mol. The van der Waals surface area contributed by atoms with Crippen LogP contribution in [0, 0.1) is 0 Å². The van der Waals surface area contributed by atoms with Crippen LogP contribution in [0.15, 0.2) is 0 Å². The molecule has 0 aliphatic carbocycles. The van der Waals surface area contributed by atoms with Gasteiger partial charge in [0.2, 0.25) is 0 Å². The molecule has 4 heteroatoms. The van der Waals surface area contributed by atoms with E-state index in [1.807, 2.05) is 26.0 Å². The van der Waals surface area contributed by atoms with Crippen LogP contribution < -0.4 is 0 Å². The number of rotatable bonds is 17. The van der Waals surface area contributed by atoms with E-state index in [0.29, 0.717) is 6.42 Å². The summed E-state index contributed by atoms with van der Waals surface area (Å²) in [6, 6.07) is 0. The van der Waals surface area contributed by atoms with Crippen LogP contribution in [0.5, 0.6) is 0 Å². The van der Waals surface area contributed by atoms with Crippen molar-refractivity contribution in [3.8, 4) is 0 Å². The zero-order valence-electron chi connectivity index (χ0n) is 19.0. The molecule has 0 aliphatic heterocycles. The molecule has 0 bridgehead atoms. The highest BCUT2D eigenvalue weighted by Crippen LogP contribution is 2.14. The fraction of sp³-hybridized carbons (Fsp3) is 0.957. The molecule has 3 nitrogen and oxygen atoms in total. The van der Waals surface area contributed by atoms with Gasteiger partial charge in [0.15, 0.2) is 5.56 Å². The molecule has 0 saturated carbocycles. The Balaban J connectivity index is 0. The van der Waals surface area contributed by atoms with Gasteiger partial charge in [0.25, 0.3) is 0 Å². The quantitative estimate of drug-likeness (QED) is 0.142. The van der Waals surface area contributed by atoms with Crippen molar-refractivity contribution in [3.63, 3.8) is 0 Å². The summed E-state index contributed by atoms with van der Waals surface area (Å²) < 4.78 is 4.90. The first-order valence-corrected chi connectivity index (χ1v) is 11.8. The smallest absolute Gasteiger partial charge is 0.307 e. The van der Waals surface area contributed by atoms with Crippen molar-refractivity contribution in [2.75, 3.05) is 21.1 Å². The van der Waals surface area contributed by atoms with E-state index in [9.17, 15) is 4.79 Å². The van der Waals surface area contributed by atoms with Crippen LogP contribution in [0.1, 0.15) is 117 Å². The van der Waals surface area contributed by atoms with Crippen molar-refractivity contribution < 1.29 is 9.53 Å². The number of carbonyl (C=O) groups is 1. The largest absolute Gasteiger partial charge is 0.446 e. The summed E-state index contributed by atoms with van der Waals surface area (Å²) in [5.41, 5.74) is -0.501. The molecule has 0 amide bonds. The number of ether oxygens (including phenoxy) is 1. The Labute approximate surface area is 175 Å². The highest BCUT2D eigenvalue weighted by Gasteiger charge is 2.05. The monoisotopic (exact) mass is 405 g/mol. The van der Waals surface area contributed by atoms with Gasteiger partial charge in [0.1, 0.15) is 0 Å². The van der Waals surface area contributed by atoms with Crippen LogP contribution in [0.3, 0.4) is 0 Å². The van der Waals surface area contributed by atoms with Gasteiger partial charge in [-0.05, 0) is 34.5 Å². The molecule has 0 radical (unpaired) electrons. The maximum absolute atomic E-state index is 11.3. The topological polar surface area (TPSA) is 29.5 Å². The van der Waals surface area contributed by atoms with E-state index >= 15 is 0 Å². The summed E-state index contributed by atoms with van der Waals surface area (Å²) in [5.74, 6) is -0.165. The first-order chi connectivity index (χ1) is 12.9. The first kappa shape index (κ1) is 28.9. The third-order valence-electron chi connectivity index (χ3n) is 4.28. The molecule has 0 N–H and O–H groups in total. The average Bonchev–Trinajstić information content (AvgIpc) is 2.57. The number of carbonyl (C=O) groups excluding carboxylic acids is 1. The molecule has 0 spiro atoms. The Morgan fingerprint density at radius 3 is 1.33 bits per heavy atom. The first-order valence-electron chi connectivity index (χ1n) is 11.3. The van der Waals surface area contributed by atoms with Gasteiger partial charge in [0.05, 0.1) is 0 Å². The van der Waals surface area contributed by atoms with E-state index in [4.69, 9.17) is 16.3 Å². The molecule has 0 aliphatic rings. The predicted octanol–water partition coefficient (Wildman–Crippen LogP) is 7.55. The summed E-state index contributed by atoms with van der Waals surface area (Å²) in [6.45, 7) is 3.95. The van der Waals surface area contributed by atoms with E-state index in [2.05, 4.69) is 6.92 Å². The van der Waals surface area contributed by atoms with Crippen molar-refractivity contribution in [1.82, 2.24) is 4.90 Å². The standard InChI is InChI=1S/C20H39ClO2.C3H9N/c1-3-4-5-6-7-8-9-10-11-12-13-14-15-16-17-18-20(22)23-19(2)21;1-4(2)3/h19H,3-18H2,1-2H3;1-3H3. The lowest BCUT2D eigenvalue weighted by atomic mass is 10.0. The van der Waals surface area contributed by atoms with Crippen molar-refractivity contribution in [2.45, 2.75) is 122 Å². The normalized spacial score (nSPS) is 11.8. The number of nitrogens with zero attached hydrogens (tertiary/aromatic N) is 1. The van der Waals surface area contributed by atoms with E-state index in [1.165, 1.54) is 83.5 Å². The van der Waals surface area contributed by atoms with Gasteiger partial charge in [-0.25, -0.2) is 0 Å². The molecule has 0 saturated heterocycles. The second kappa shape index (κ2) is 23.8. The van der Waals surface area contributed by atoms with Gasteiger partial charge in [0, 0.05) is 6.42 Å². The van der Waals surface area contributed by atoms with Crippen LogP contribution in [-0.2, 0) is 9.53 Å². The van der Waals surface area contributed by atoms with Crippen LogP contribution in [0.25, 0.3) is 0 Å². The van der Waals surface area contributed by atoms with E-state index < -0.39 is 5.56 Å². The second-order valence-corrected chi connectivity index (χ2v) is 8.69. The van der Waals surface area contributed by atoms with E-state index in [0.717, 1.165) is 12.8 Å². The SMILES string of the molecule is CCCCCCCCCCCCCCCCCC(=O)OC(C)Cl.CN(C)C. The lowest BCUT2D eigenvalue weighted by molar-refractivity contribution is -0.144. The summed E-state index contributed by atoms with van der Waals surface area (Å²) in [4.78, 5) is 13.3. The molecular weight excluding hydrogens is 358 g/mol. The van der Waals surface area contributed by atoms with Gasteiger partial charge < -0.3 is 9.64 Å². The van der Waals surface area contributed by atoms with Crippen LogP contribution in [0.4, 0.5) is 0 Å². The summed E-state index contributed by atoms with van der Waals surface area (Å²) in [6.07, 6.45) is 20.6. The van der Waals surface area contributed by atoms with Gasteiger partial charge >= 0.3 is 5.97 Å². The van der Waals surface area contributed by atoms with Crippen LogP contribution in [-0.4, -0.2) is 37.6 Å². The number of unbranched alkanes of at least 4 members (excludes halogenated alkanes) is 14. The maximum Gasteiger partial charge on any atom is 0.307 e. The number of hydrogen-bond donors (Lipinski definition) is 0. The van der Waals surface area contributed by atoms with Gasteiger partial charge in [-0.1, -0.05) is 108 Å². The van der Waals surface area contributed by atoms with Crippen LogP contribution >= 0.6 is 11.6 Å². The van der Waals surface area contributed by atoms with Gasteiger partial charge in [-0.15, -0.1) is 0 Å². The van der Waals surface area contributed by atoms with Crippen molar-refractivity contribution >= 4 is 17.6 Å². The Bertz CT molecular complexity index is 293. The minimum atomic E-state index is -0.501. The van der Waals surface area contributed by atoms with Gasteiger partial charge in [-0.2, -0.15) is 0 Å². The summed E-state index contributed by atoms with van der Waals surface area (Å²) in [7, 11) is 6.00. The zero-order valence-corrected chi connectivity index (χ0v) is 19.8.